The number of hydrogen-bond donors (Lipinski definition) is 3. The Labute approximate surface area is 645 Å². The van der Waals surface area contributed by atoms with E-state index in [1.807, 2.05) is 0 Å². The van der Waals surface area contributed by atoms with Crippen LogP contribution in [-0.4, -0.2) is 96.7 Å². The van der Waals surface area contributed by atoms with Crippen LogP contribution in [0.3, 0.4) is 0 Å². The van der Waals surface area contributed by atoms with Gasteiger partial charge >= 0.3 is 39.5 Å². The van der Waals surface area contributed by atoms with Gasteiger partial charge in [0.15, 0.2) is 12.2 Å². The second kappa shape index (κ2) is 77.4. The number of carbonyl (C=O) groups excluding carboxylic acids is 4. The van der Waals surface area contributed by atoms with E-state index in [1.54, 1.807) is 0 Å². The van der Waals surface area contributed by atoms with Crippen LogP contribution in [0.15, 0.2) is 0 Å². The van der Waals surface area contributed by atoms with E-state index in [9.17, 15) is 43.2 Å². The van der Waals surface area contributed by atoms with Crippen molar-refractivity contribution in [2.24, 2.45) is 11.8 Å². The Kier molecular flexibility index (Phi) is 76.0. The van der Waals surface area contributed by atoms with E-state index in [-0.39, 0.29) is 25.7 Å². The van der Waals surface area contributed by atoms with Crippen LogP contribution in [-0.2, 0) is 65.4 Å². The summed E-state index contributed by atoms with van der Waals surface area (Å²) < 4.78 is 68.9. The zero-order valence-corrected chi connectivity index (χ0v) is 70.8. The van der Waals surface area contributed by atoms with Crippen LogP contribution in [0.25, 0.3) is 0 Å². The number of hydrogen-bond acceptors (Lipinski definition) is 15. The van der Waals surface area contributed by atoms with Crippen molar-refractivity contribution in [1.82, 2.24) is 0 Å². The summed E-state index contributed by atoms with van der Waals surface area (Å²) in [5.74, 6) is -0.524. The summed E-state index contributed by atoms with van der Waals surface area (Å²) in [5, 5.41) is 10.7. The fraction of sp³-hybridized carbons (Fsp3) is 0.953. The van der Waals surface area contributed by atoms with Crippen LogP contribution in [0.2, 0.25) is 0 Å². The Hall–Kier alpha value is -1.94. The van der Waals surface area contributed by atoms with Gasteiger partial charge < -0.3 is 33.8 Å². The first-order valence-corrected chi connectivity index (χ1v) is 47.5. The van der Waals surface area contributed by atoms with Gasteiger partial charge in [0.25, 0.3) is 0 Å². The number of esters is 4. The van der Waals surface area contributed by atoms with Crippen molar-refractivity contribution < 1.29 is 80.2 Å². The zero-order valence-electron chi connectivity index (χ0n) is 69.0. The molecule has 0 amide bonds. The second-order valence-corrected chi connectivity index (χ2v) is 34.6. The molecule has 0 rings (SSSR count). The number of aliphatic hydroxyl groups excluding tert-OH is 1. The predicted octanol–water partition coefficient (Wildman–Crippen LogP) is 26.2. The van der Waals surface area contributed by atoms with Gasteiger partial charge in [-0.3, -0.25) is 37.3 Å². The Bertz CT molecular complexity index is 2010. The number of phosphoric ester groups is 2. The summed E-state index contributed by atoms with van der Waals surface area (Å²) in [6.45, 7) is 9.70. The third kappa shape index (κ3) is 78.5. The van der Waals surface area contributed by atoms with E-state index in [4.69, 9.17) is 37.0 Å². The Balaban J connectivity index is 5.26. The minimum atomic E-state index is -4.97. The molecule has 105 heavy (non-hydrogen) atoms. The molecule has 6 atom stereocenters. The van der Waals surface area contributed by atoms with E-state index in [0.717, 1.165) is 102 Å². The first kappa shape index (κ1) is 103. The molecule has 0 saturated heterocycles. The fourth-order valence-electron chi connectivity index (χ4n) is 13.4. The molecule has 3 unspecified atom stereocenters. The molecule has 0 aliphatic rings. The molecular formula is C86H168O17P2. The molecule has 624 valence electrons. The Morgan fingerprint density at radius 2 is 0.486 bits per heavy atom. The normalized spacial score (nSPS) is 14.1. The van der Waals surface area contributed by atoms with Gasteiger partial charge in [0.1, 0.15) is 19.3 Å². The van der Waals surface area contributed by atoms with Crippen molar-refractivity contribution >= 4 is 39.5 Å². The summed E-state index contributed by atoms with van der Waals surface area (Å²) >= 11 is 0. The lowest BCUT2D eigenvalue weighted by Gasteiger charge is -2.21. The molecule has 19 heteroatoms. The second-order valence-electron chi connectivity index (χ2n) is 31.6. The third-order valence-electron chi connectivity index (χ3n) is 20.6. The average molecular weight is 1540 g/mol. The maximum atomic E-state index is 13.1. The molecule has 3 N–H and O–H groups in total. The lowest BCUT2D eigenvalue weighted by atomic mass is 9.99. The van der Waals surface area contributed by atoms with E-state index in [2.05, 4.69) is 41.5 Å². The molecule has 0 saturated carbocycles. The predicted molar refractivity (Wildman–Crippen MR) is 432 cm³/mol. The number of phosphoric acid groups is 2. The van der Waals surface area contributed by atoms with Gasteiger partial charge in [0.05, 0.1) is 26.4 Å². The molecule has 0 aromatic heterocycles. The third-order valence-corrected chi connectivity index (χ3v) is 22.5. The van der Waals surface area contributed by atoms with Gasteiger partial charge in [-0.05, 0) is 37.5 Å². The first-order chi connectivity index (χ1) is 50.9. The SMILES string of the molecule is CCCCCCCCCCCCCCCCCCCCCCC(=O)O[C@H](COC(=O)CCCCCCCCCCCCCCCCC(C)C)COP(=O)(O)OC[C@@H](O)COP(=O)(O)OC[C@@H](COC(=O)CCCCCCCCCCC(C)CC)OC(=O)CCCCCCCCCCCCCCCCCC. The van der Waals surface area contributed by atoms with Gasteiger partial charge in [0.2, 0.25) is 0 Å². The number of carbonyl (C=O) groups is 4. The molecule has 0 bridgehead atoms. The summed E-state index contributed by atoms with van der Waals surface area (Å²) in [6.07, 6.45) is 69.3. The van der Waals surface area contributed by atoms with Crippen LogP contribution in [0, 0.1) is 11.8 Å². The minimum absolute atomic E-state index is 0.108. The number of unbranched alkanes of at least 4 members (excludes halogenated alkanes) is 54. The first-order valence-electron chi connectivity index (χ1n) is 44.5. The molecular weight excluding hydrogens is 1370 g/mol. The molecule has 0 aliphatic carbocycles. The van der Waals surface area contributed by atoms with Gasteiger partial charge in [-0.2, -0.15) is 0 Å². The maximum Gasteiger partial charge on any atom is 0.472 e. The van der Waals surface area contributed by atoms with Crippen molar-refractivity contribution in [3.05, 3.63) is 0 Å². The Morgan fingerprint density at radius 1 is 0.276 bits per heavy atom. The van der Waals surface area contributed by atoms with Crippen molar-refractivity contribution in [1.29, 1.82) is 0 Å². The Morgan fingerprint density at radius 3 is 0.724 bits per heavy atom. The van der Waals surface area contributed by atoms with Crippen LogP contribution >= 0.6 is 15.6 Å². The lowest BCUT2D eigenvalue weighted by molar-refractivity contribution is -0.161. The minimum Gasteiger partial charge on any atom is -0.462 e. The molecule has 0 aromatic carbocycles. The fourth-order valence-corrected chi connectivity index (χ4v) is 15.0. The largest absolute Gasteiger partial charge is 0.472 e. The molecule has 0 aromatic rings. The molecule has 0 spiro atoms. The van der Waals surface area contributed by atoms with Gasteiger partial charge in [0, 0.05) is 25.7 Å². The summed E-state index contributed by atoms with van der Waals surface area (Å²) in [4.78, 5) is 73.3. The highest BCUT2D eigenvalue weighted by atomic mass is 31.2. The molecule has 0 aliphatic heterocycles. The molecule has 0 fully saturated rings. The van der Waals surface area contributed by atoms with Crippen LogP contribution in [0.1, 0.15) is 459 Å². The van der Waals surface area contributed by atoms with Crippen molar-refractivity contribution in [3.63, 3.8) is 0 Å². The van der Waals surface area contributed by atoms with Gasteiger partial charge in [-0.15, -0.1) is 0 Å². The average Bonchev–Trinajstić information content (AvgIpc) is 0.968. The standard InChI is InChI=1S/C86H168O17P2/c1-7-10-12-14-16-18-20-22-24-26-27-28-29-31-37-41-45-53-59-65-71-85(90)102-81(74-96-83(88)68-62-56-50-43-39-35-33-32-34-38-42-48-54-60-66-78(4)5)76-100-104(92,93)98-72-80(87)73-99-105(94,95)101-77-82(75-97-84(89)69-63-57-51-47-46-49-55-61-67-79(6)9-3)103-86(91)70-64-58-52-44-40-36-30-25-23-21-19-17-15-13-11-8-2/h78-82,87H,7-77H2,1-6H3,(H,92,93)(H,94,95)/t79?,80-,81-,82-/m1/s1. The van der Waals surface area contributed by atoms with Crippen molar-refractivity contribution in [3.8, 4) is 0 Å². The highest BCUT2D eigenvalue weighted by Gasteiger charge is 2.30. The monoisotopic (exact) mass is 1540 g/mol. The lowest BCUT2D eigenvalue weighted by Crippen LogP contribution is -2.30. The molecule has 0 heterocycles. The molecule has 17 nitrogen and oxygen atoms in total. The topological polar surface area (TPSA) is 237 Å². The number of rotatable bonds is 85. The maximum absolute atomic E-state index is 13.1. The van der Waals surface area contributed by atoms with Gasteiger partial charge in [-0.1, -0.05) is 408 Å². The smallest absolute Gasteiger partial charge is 0.462 e. The van der Waals surface area contributed by atoms with E-state index in [0.29, 0.717) is 25.7 Å². The molecule has 0 radical (unpaired) electrons. The van der Waals surface area contributed by atoms with Crippen LogP contribution in [0.5, 0.6) is 0 Å². The quantitative estimate of drug-likeness (QED) is 0.0222. The van der Waals surface area contributed by atoms with Crippen LogP contribution < -0.4 is 0 Å². The van der Waals surface area contributed by atoms with E-state index >= 15 is 0 Å². The number of ether oxygens (including phenoxy) is 4. The summed E-state index contributed by atoms with van der Waals surface area (Å²) in [6, 6.07) is 0. The van der Waals surface area contributed by atoms with Crippen molar-refractivity contribution in [2.45, 2.75) is 477 Å². The van der Waals surface area contributed by atoms with Gasteiger partial charge in [-0.25, -0.2) is 9.13 Å². The van der Waals surface area contributed by atoms with E-state index < -0.39 is 97.5 Å². The van der Waals surface area contributed by atoms with Crippen LogP contribution in [0.4, 0.5) is 0 Å². The summed E-state index contributed by atoms with van der Waals surface area (Å²) in [5.41, 5.74) is 0. The summed E-state index contributed by atoms with van der Waals surface area (Å²) in [7, 11) is -9.93. The number of aliphatic hydroxyl groups is 1. The zero-order chi connectivity index (χ0) is 77.1. The highest BCUT2D eigenvalue weighted by molar-refractivity contribution is 7.47. The highest BCUT2D eigenvalue weighted by Crippen LogP contribution is 2.45. The van der Waals surface area contributed by atoms with Crippen molar-refractivity contribution in [2.75, 3.05) is 39.6 Å². The van der Waals surface area contributed by atoms with E-state index in [1.165, 1.54) is 276 Å².